The molecule has 0 bridgehead atoms. The first-order chi connectivity index (χ1) is 19.3. The van der Waals surface area contributed by atoms with Crippen molar-refractivity contribution in [3.05, 3.63) is 58.4 Å². The van der Waals surface area contributed by atoms with Gasteiger partial charge < -0.3 is 34.9 Å². The van der Waals surface area contributed by atoms with Gasteiger partial charge in [-0.2, -0.15) is 0 Å². The number of H-pyrrole nitrogens is 1. The number of carbonyl (C=O) groups is 1. The molecule has 0 atom stereocenters. The summed E-state index contributed by atoms with van der Waals surface area (Å²) in [7, 11) is 3.39. The molecule has 7 rings (SSSR count). The summed E-state index contributed by atoms with van der Waals surface area (Å²) in [6, 6.07) is 4.60. The number of nitrogens with zero attached hydrogens (tertiary/aromatic N) is 4. The number of hydrogen-bond donors (Lipinski definition) is 4. The molecule has 6 heterocycles. The number of pyridine rings is 3. The van der Waals surface area contributed by atoms with Crippen LogP contribution in [0.1, 0.15) is 10.4 Å². The monoisotopic (exact) mass is 543 g/mol. The molecule has 204 valence electrons. The molecule has 4 N–H and O–H groups in total. The van der Waals surface area contributed by atoms with Gasteiger partial charge in [0.1, 0.15) is 28.3 Å². The Kier molecular flexibility index (Phi) is 5.34. The fraction of sp³-hybridized carbons (Fsp3) is 0.286. The maximum absolute atomic E-state index is 14.8. The molecule has 2 saturated heterocycles. The highest BCUT2D eigenvalue weighted by Gasteiger charge is 2.43. The Morgan fingerprint density at radius 3 is 2.75 bits per heavy atom. The summed E-state index contributed by atoms with van der Waals surface area (Å²) in [4.78, 5) is 39.7. The van der Waals surface area contributed by atoms with E-state index in [9.17, 15) is 19.1 Å². The number of fused-ring (bicyclic) bond motifs is 4. The number of carboxylic acids is 1. The topological polar surface area (TPSA) is 137 Å². The zero-order valence-corrected chi connectivity index (χ0v) is 21.8. The van der Waals surface area contributed by atoms with Crippen LogP contribution in [0.4, 0.5) is 15.8 Å². The number of aromatic carboxylic acids is 1. The second-order valence-corrected chi connectivity index (χ2v) is 10.4. The van der Waals surface area contributed by atoms with Crippen LogP contribution in [0.15, 0.2) is 41.6 Å². The van der Waals surface area contributed by atoms with Crippen LogP contribution >= 0.6 is 0 Å². The molecule has 2 aliphatic heterocycles. The van der Waals surface area contributed by atoms with Crippen LogP contribution in [0, 0.1) is 5.82 Å². The quantitative estimate of drug-likeness (QED) is 0.270. The van der Waals surface area contributed by atoms with E-state index in [1.165, 1.54) is 22.9 Å². The van der Waals surface area contributed by atoms with Crippen molar-refractivity contribution in [2.75, 3.05) is 50.1 Å². The molecule has 0 unspecified atom stereocenters. The maximum atomic E-state index is 14.8. The highest BCUT2D eigenvalue weighted by Crippen LogP contribution is 2.43. The Bertz CT molecular complexity index is 1930. The Hall–Kier alpha value is -4.55. The molecule has 0 aliphatic carbocycles. The van der Waals surface area contributed by atoms with Gasteiger partial charge in [-0.3, -0.25) is 4.79 Å². The first-order valence-electron chi connectivity index (χ1n) is 12.9. The number of aromatic amines is 1. The van der Waals surface area contributed by atoms with E-state index < -0.39 is 11.4 Å². The number of halogens is 1. The zero-order chi connectivity index (χ0) is 27.8. The fourth-order valence-electron chi connectivity index (χ4n) is 5.96. The van der Waals surface area contributed by atoms with Crippen molar-refractivity contribution in [3.63, 3.8) is 0 Å². The summed E-state index contributed by atoms with van der Waals surface area (Å²) in [6.07, 6.45) is 4.65. The second-order valence-electron chi connectivity index (χ2n) is 10.4. The minimum atomic E-state index is -1.30. The van der Waals surface area contributed by atoms with Gasteiger partial charge in [0.15, 0.2) is 0 Å². The van der Waals surface area contributed by atoms with Crippen molar-refractivity contribution in [1.82, 2.24) is 24.8 Å². The standard InChI is InChI=1S/C28H26FN7O4/c1-30-20-7-15(29)6-16-21-23(36-3-4-40-28(13-36)11-31-12-28)18(9-32-25(21)34-22(16)20)14-5-17-24(37)19(27(38)39)10-35(2)26(17)33-8-14/h5-10,30-31H,3-4,11-13H2,1-2H3,(H,32,34)(H,38,39). The normalized spacial score (nSPS) is 16.6. The molecular formula is C28H26FN7O4. The Morgan fingerprint density at radius 2 is 2.02 bits per heavy atom. The van der Waals surface area contributed by atoms with Crippen LogP contribution in [-0.4, -0.2) is 76.0 Å². The van der Waals surface area contributed by atoms with Crippen LogP contribution in [0.25, 0.3) is 44.1 Å². The van der Waals surface area contributed by atoms with Crippen LogP contribution in [-0.2, 0) is 11.8 Å². The molecule has 2 aliphatic rings. The van der Waals surface area contributed by atoms with Crippen molar-refractivity contribution >= 4 is 50.3 Å². The minimum absolute atomic E-state index is 0.190. The van der Waals surface area contributed by atoms with E-state index in [4.69, 9.17) is 9.72 Å². The predicted molar refractivity (Wildman–Crippen MR) is 150 cm³/mol. The molecular weight excluding hydrogens is 517 g/mol. The first kappa shape index (κ1) is 24.5. The number of aromatic nitrogens is 4. The van der Waals surface area contributed by atoms with Crippen LogP contribution in [0.5, 0.6) is 0 Å². The van der Waals surface area contributed by atoms with E-state index in [0.717, 1.165) is 29.7 Å². The molecule has 40 heavy (non-hydrogen) atoms. The molecule has 1 aromatic carbocycles. The van der Waals surface area contributed by atoms with Crippen molar-refractivity contribution in [1.29, 1.82) is 0 Å². The Morgan fingerprint density at radius 1 is 1.20 bits per heavy atom. The van der Waals surface area contributed by atoms with E-state index in [1.54, 1.807) is 32.6 Å². The van der Waals surface area contributed by atoms with E-state index in [2.05, 4.69) is 25.5 Å². The van der Waals surface area contributed by atoms with Gasteiger partial charge >= 0.3 is 5.97 Å². The first-order valence-corrected chi connectivity index (χ1v) is 12.9. The molecule has 12 heteroatoms. The number of rotatable bonds is 4. The molecule has 5 aromatic rings. The molecule has 0 saturated carbocycles. The molecule has 1 spiro atoms. The minimum Gasteiger partial charge on any atom is -0.477 e. The SMILES string of the molecule is CNc1cc(F)cc2c1[nH]c1ncc(-c3cnc4c(c3)c(=O)c(C(=O)O)cn4C)c(N3CCOC4(CNC4)C3)c12. The number of anilines is 2. The highest BCUT2D eigenvalue weighted by atomic mass is 19.1. The van der Waals surface area contributed by atoms with Crippen LogP contribution < -0.4 is 21.0 Å². The summed E-state index contributed by atoms with van der Waals surface area (Å²) >= 11 is 0. The number of benzene rings is 1. The third-order valence-electron chi connectivity index (χ3n) is 7.95. The molecule has 2 fully saturated rings. The summed E-state index contributed by atoms with van der Waals surface area (Å²) < 4.78 is 22.5. The number of nitrogens with one attached hydrogen (secondary N) is 3. The fourth-order valence-corrected chi connectivity index (χ4v) is 5.96. The van der Waals surface area contributed by atoms with Gasteiger partial charge in [0, 0.05) is 75.4 Å². The van der Waals surface area contributed by atoms with Gasteiger partial charge in [0.2, 0.25) is 5.43 Å². The second kappa shape index (κ2) is 8.73. The van der Waals surface area contributed by atoms with E-state index in [1.807, 2.05) is 0 Å². The lowest BCUT2D eigenvalue weighted by Crippen LogP contribution is -2.69. The number of carboxylic acid groups (broad SMARTS) is 1. The third-order valence-corrected chi connectivity index (χ3v) is 7.95. The van der Waals surface area contributed by atoms with E-state index in [-0.39, 0.29) is 22.4 Å². The lowest BCUT2D eigenvalue weighted by atomic mass is 9.93. The Labute approximate surface area is 226 Å². The lowest BCUT2D eigenvalue weighted by Gasteiger charge is -2.49. The molecule has 11 nitrogen and oxygen atoms in total. The number of ether oxygens (including phenoxy) is 1. The number of hydrogen-bond acceptors (Lipinski definition) is 8. The van der Waals surface area contributed by atoms with Crippen molar-refractivity contribution in [2.24, 2.45) is 7.05 Å². The predicted octanol–water partition coefficient (Wildman–Crippen LogP) is 2.69. The van der Waals surface area contributed by atoms with E-state index in [0.29, 0.717) is 53.2 Å². The highest BCUT2D eigenvalue weighted by molar-refractivity contribution is 6.18. The number of morpholine rings is 1. The summed E-state index contributed by atoms with van der Waals surface area (Å²) in [5.41, 5.74) is 3.17. The van der Waals surface area contributed by atoms with Gasteiger partial charge in [-0.25, -0.2) is 19.2 Å². The molecule has 0 radical (unpaired) electrons. The molecule has 0 amide bonds. The average Bonchev–Trinajstić information content (AvgIpc) is 3.31. The average molecular weight is 544 g/mol. The van der Waals surface area contributed by atoms with Crippen molar-refractivity contribution < 1.29 is 19.0 Å². The summed E-state index contributed by atoms with van der Waals surface area (Å²) in [5, 5.41) is 17.6. The summed E-state index contributed by atoms with van der Waals surface area (Å²) in [5.74, 6) is -1.68. The Balaban J connectivity index is 1.53. The van der Waals surface area contributed by atoms with Gasteiger partial charge in [0.25, 0.3) is 0 Å². The van der Waals surface area contributed by atoms with Crippen LogP contribution in [0.2, 0.25) is 0 Å². The van der Waals surface area contributed by atoms with Gasteiger partial charge in [-0.15, -0.1) is 0 Å². The van der Waals surface area contributed by atoms with Crippen molar-refractivity contribution in [3.8, 4) is 11.1 Å². The van der Waals surface area contributed by atoms with Crippen LogP contribution in [0.3, 0.4) is 0 Å². The third kappa shape index (κ3) is 3.56. The lowest BCUT2D eigenvalue weighted by molar-refractivity contribution is -0.0880. The van der Waals surface area contributed by atoms with Gasteiger partial charge in [-0.05, 0) is 18.2 Å². The van der Waals surface area contributed by atoms with Gasteiger partial charge in [0.05, 0.1) is 34.3 Å². The van der Waals surface area contributed by atoms with Crippen molar-refractivity contribution in [2.45, 2.75) is 5.60 Å². The largest absolute Gasteiger partial charge is 0.477 e. The number of aryl methyl sites for hydroxylation is 1. The summed E-state index contributed by atoms with van der Waals surface area (Å²) in [6.45, 7) is 3.18. The smallest absolute Gasteiger partial charge is 0.341 e. The maximum Gasteiger partial charge on any atom is 0.341 e. The zero-order valence-electron chi connectivity index (χ0n) is 21.8. The van der Waals surface area contributed by atoms with Gasteiger partial charge in [-0.1, -0.05) is 0 Å². The van der Waals surface area contributed by atoms with E-state index >= 15 is 0 Å². The molecule has 4 aromatic heterocycles.